The van der Waals surface area contributed by atoms with E-state index in [0.29, 0.717) is 0 Å². The van der Waals surface area contributed by atoms with Crippen molar-refractivity contribution < 1.29 is 77.7 Å². The van der Waals surface area contributed by atoms with Crippen LogP contribution in [0.3, 0.4) is 0 Å². The quantitative estimate of drug-likeness (QED) is 0.192. The number of quaternary nitrogens is 1. The number of halogens is 4. The van der Waals surface area contributed by atoms with E-state index in [-0.39, 0.29) is 71.9 Å². The molecule has 0 aromatic rings. The minimum absolute atomic E-state index is 0. The summed E-state index contributed by atoms with van der Waals surface area (Å²) in [6, 6.07) is 0. The van der Waals surface area contributed by atoms with Crippen molar-refractivity contribution in [2.45, 2.75) is 0 Å². The van der Waals surface area contributed by atoms with Gasteiger partial charge in [0.05, 0.1) is 7.05 Å². The molecule has 0 aliphatic heterocycles. The molecule has 0 rings (SSSR count). The van der Waals surface area contributed by atoms with Crippen LogP contribution in [0.25, 0.3) is 0 Å². The Morgan fingerprint density at radius 3 is 1.00 bits per heavy atom. The Morgan fingerprint density at radius 1 is 1.00 bits per heavy atom. The fourth-order valence-corrected chi connectivity index (χ4v) is 0. The van der Waals surface area contributed by atoms with E-state index < -0.39 is 0 Å². The van der Waals surface area contributed by atoms with Gasteiger partial charge in [-0.3, -0.25) is 0 Å². The molecule has 6 heteroatoms. The van der Waals surface area contributed by atoms with Gasteiger partial charge >= 0.3 is 35.3 Å². The second-order valence-corrected chi connectivity index (χ2v) is 0. The van der Waals surface area contributed by atoms with Gasteiger partial charge in [-0.05, 0) is 0 Å². The summed E-state index contributed by atoms with van der Waals surface area (Å²) in [4.78, 5) is 0. The van der Waals surface area contributed by atoms with Crippen LogP contribution in [-0.4, -0.2) is 30.4 Å². The summed E-state index contributed by atoms with van der Waals surface area (Å²) in [7, 11) is 1.75. The zero-order valence-corrected chi connectivity index (χ0v) is 16.3. The van der Waals surface area contributed by atoms with Crippen molar-refractivity contribution in [3.63, 3.8) is 0 Å². The minimum Gasteiger partial charge on any atom is -1.00 e. The molecule has 0 aromatic carbocycles. The Balaban J connectivity index is -0.00000000267. The Labute approximate surface area is 117 Å². The first-order valence-corrected chi connectivity index (χ1v) is 10.7. The van der Waals surface area contributed by atoms with Crippen molar-refractivity contribution in [3.05, 3.63) is 0 Å². The largest absolute Gasteiger partial charge is 1.00 e. The molecule has 0 aliphatic rings. The number of hydrogen-bond acceptors (Lipinski definition) is 0. The molecule has 0 aliphatic carbocycles. The normalized spacial score (nSPS) is 1.43. The van der Waals surface area contributed by atoms with Crippen LogP contribution < -0.4 is 77.7 Å². The molecule has 0 unspecified atom stereocenters. The van der Waals surface area contributed by atoms with Crippen molar-refractivity contribution in [2.24, 2.45) is 0 Å². The summed E-state index contributed by atoms with van der Waals surface area (Å²) in [5, 5.41) is 0. The summed E-state index contributed by atoms with van der Waals surface area (Å²) in [6.45, 7) is 0. The summed E-state index contributed by atoms with van der Waals surface area (Å²) in [5.74, 6) is 0. The van der Waals surface area contributed by atoms with Crippen molar-refractivity contribution >= 4 is 35.3 Å². The summed E-state index contributed by atoms with van der Waals surface area (Å²) in [6.07, 6.45) is 0. The zero-order valence-electron chi connectivity index (χ0n) is 3.80. The Morgan fingerprint density at radius 2 is 1.00 bits per heavy atom. The third-order valence-corrected chi connectivity index (χ3v) is 0. The van der Waals surface area contributed by atoms with E-state index in [0.717, 1.165) is 23.4 Å². The van der Waals surface area contributed by atoms with Crippen LogP contribution in [0.2, 0.25) is 0 Å². The van der Waals surface area contributed by atoms with Gasteiger partial charge in [-0.1, -0.05) is 0 Å². The monoisotopic (exact) mass is 701 g/mol. The van der Waals surface area contributed by atoms with E-state index in [1.165, 1.54) is 0 Å². The summed E-state index contributed by atoms with van der Waals surface area (Å²) >= 11 is 4.08. The molecule has 0 amide bonds. The first-order chi connectivity index (χ1) is 2.00. The molecule has 0 saturated heterocycles. The molecule has 0 radical (unpaired) electrons. The molecule has 0 fully saturated rings. The first-order valence-electron chi connectivity index (χ1n) is 0.925. The summed E-state index contributed by atoms with van der Waals surface area (Å²) < 4.78 is 0. The molecule has 0 bridgehead atoms. The van der Waals surface area contributed by atoms with Gasteiger partial charge in [-0.2, -0.15) is 0 Å². The Bertz CT molecular complexity index is 14.9. The molecule has 0 heterocycles. The van der Waals surface area contributed by atoms with Crippen LogP contribution in [0.15, 0.2) is 0 Å². The second-order valence-electron chi connectivity index (χ2n) is 0. The van der Waals surface area contributed by atoms with Crippen LogP contribution >= 0.6 is 12.0 Å². The molecule has 7 heavy (non-hydrogen) atoms. The van der Waals surface area contributed by atoms with Gasteiger partial charge in [0, 0.05) is 0 Å². The number of hydrogen-bond donors (Lipinski definition) is 1. The fraction of sp³-hybridized carbons (Fsp3) is 1.00. The maximum absolute atomic E-state index is 3.25. The average Bonchev–Trinajstić information content (AvgIpc) is 1.50. The predicted octanol–water partition coefficient (Wildman–Crippen LogP) is -9.93. The van der Waals surface area contributed by atoms with E-state index in [1.54, 1.807) is 7.05 Å². The third-order valence-electron chi connectivity index (χ3n) is 0. The standard InChI is InChI=1S/CH5N.BrH.3HI.Pb.H/c1-2;;;;;;/h2H2,1H3;4*1H;;/q;;;;;+3;/p-3. The van der Waals surface area contributed by atoms with Gasteiger partial charge < -0.3 is 77.7 Å². The maximum atomic E-state index is 3.25. The van der Waals surface area contributed by atoms with Gasteiger partial charge in [0.15, 0.2) is 0 Å². The van der Waals surface area contributed by atoms with Gasteiger partial charge in [-0.15, -0.1) is 0 Å². The van der Waals surface area contributed by atoms with Gasteiger partial charge in [0.1, 0.15) is 0 Å². The van der Waals surface area contributed by atoms with Crippen molar-refractivity contribution in [1.82, 2.24) is 0 Å². The first kappa shape index (κ1) is 31.2. The zero-order chi connectivity index (χ0) is 4.00. The van der Waals surface area contributed by atoms with Gasteiger partial charge in [0.25, 0.3) is 0 Å². The second kappa shape index (κ2) is 55.4. The molecule has 0 spiro atoms. The fourth-order valence-electron chi connectivity index (χ4n) is 0. The van der Waals surface area contributed by atoms with Crippen LogP contribution in [-0.2, 0) is 0 Å². The van der Waals surface area contributed by atoms with E-state index in [1.807, 2.05) is 0 Å². The van der Waals surface area contributed by atoms with Crippen molar-refractivity contribution in [3.8, 4) is 0 Å². The van der Waals surface area contributed by atoms with E-state index in [2.05, 4.69) is 17.7 Å². The van der Waals surface area contributed by atoms with Crippen molar-refractivity contribution in [1.29, 1.82) is 0 Å². The van der Waals surface area contributed by atoms with Crippen molar-refractivity contribution in [2.75, 3.05) is 7.05 Å². The predicted molar refractivity (Wildman–Crippen MR) is 24.9 cm³/mol. The third kappa shape index (κ3) is 43.2. The molecular weight excluding hydrogens is 694 g/mol. The Hall–Kier alpha value is 3.55. The molecule has 1 nitrogen and oxygen atoms in total. The summed E-state index contributed by atoms with van der Waals surface area (Å²) in [5.41, 5.74) is 3.25. The molecule has 3 N–H and O–H groups in total. The number of rotatable bonds is 0. The smallest absolute Gasteiger partial charge is 1.00 e. The molecule has 0 aromatic heterocycles. The molecule has 0 atom stereocenters. The van der Waals surface area contributed by atoms with Crippen LogP contribution in [0.1, 0.15) is 0 Å². The van der Waals surface area contributed by atoms with Crippen LogP contribution in [0.5, 0.6) is 0 Å². The molecule has 0 saturated carbocycles. The maximum Gasteiger partial charge on any atom is -1.00 e. The minimum atomic E-state index is 0. The Kier molecular flexibility index (Phi) is 247. The molecular formula is CH7BrI3NPb. The van der Waals surface area contributed by atoms with Gasteiger partial charge in [-0.25, -0.2) is 0 Å². The average molecular weight is 701 g/mol. The molecule has 48 valence electrons. The van der Waals surface area contributed by atoms with E-state index in [4.69, 9.17) is 0 Å². The topological polar surface area (TPSA) is 27.6 Å². The SMILES string of the molecule is C[NH3+].[Br][PbH+2].[I-].[I-].[I-]. The van der Waals surface area contributed by atoms with E-state index >= 15 is 0 Å². The van der Waals surface area contributed by atoms with Crippen LogP contribution in [0.4, 0.5) is 0 Å². The van der Waals surface area contributed by atoms with Crippen LogP contribution in [0, 0.1) is 0 Å². The van der Waals surface area contributed by atoms with Gasteiger partial charge in [0.2, 0.25) is 0 Å². The van der Waals surface area contributed by atoms with E-state index in [9.17, 15) is 0 Å².